The van der Waals surface area contributed by atoms with Crippen LogP contribution in [0.15, 0.2) is 66.7 Å². The number of amides is 2. The molecule has 1 atom stereocenters. The standard InChI is InChI=1S/C27H30N2O4/c1-4-19-10-12-22(13-11-19)33-18-24-23-17-26(32-3)25(31-2)16-20(23)14-15-29(24)27(30)28-21-8-6-5-7-9-21/h5-13,16-17,24H,4,14-15,18H2,1-3H3,(H,28,30)/t24-/m1/s1. The highest BCUT2D eigenvalue weighted by molar-refractivity contribution is 5.89. The van der Waals surface area contributed by atoms with Crippen molar-refractivity contribution in [3.8, 4) is 17.2 Å². The average Bonchev–Trinajstić information content (AvgIpc) is 2.87. The maximum absolute atomic E-state index is 13.3. The molecule has 0 unspecified atom stereocenters. The van der Waals surface area contributed by atoms with Gasteiger partial charge in [-0.15, -0.1) is 0 Å². The van der Waals surface area contributed by atoms with Gasteiger partial charge in [-0.1, -0.05) is 37.3 Å². The molecule has 0 aliphatic carbocycles. The van der Waals surface area contributed by atoms with Crippen LogP contribution in [0.1, 0.15) is 29.7 Å². The van der Waals surface area contributed by atoms with E-state index in [1.165, 1.54) is 5.56 Å². The van der Waals surface area contributed by atoms with E-state index in [1.54, 1.807) is 14.2 Å². The third-order valence-electron chi connectivity index (χ3n) is 6.03. The van der Waals surface area contributed by atoms with Gasteiger partial charge in [0.2, 0.25) is 0 Å². The van der Waals surface area contributed by atoms with Gasteiger partial charge in [0.1, 0.15) is 12.4 Å². The highest BCUT2D eigenvalue weighted by atomic mass is 16.5. The molecule has 6 nitrogen and oxygen atoms in total. The second-order valence-corrected chi connectivity index (χ2v) is 7.97. The zero-order valence-corrected chi connectivity index (χ0v) is 19.3. The van der Waals surface area contributed by atoms with E-state index < -0.39 is 0 Å². The molecule has 0 saturated heterocycles. The Kier molecular flexibility index (Phi) is 7.03. The minimum atomic E-state index is -0.275. The average molecular weight is 447 g/mol. The Morgan fingerprint density at radius 1 is 1.00 bits per heavy atom. The van der Waals surface area contributed by atoms with Crippen LogP contribution >= 0.6 is 0 Å². The fourth-order valence-electron chi connectivity index (χ4n) is 4.16. The summed E-state index contributed by atoms with van der Waals surface area (Å²) in [4.78, 5) is 15.1. The van der Waals surface area contributed by atoms with Crippen LogP contribution in [0.5, 0.6) is 17.2 Å². The third kappa shape index (κ3) is 5.06. The number of nitrogens with one attached hydrogen (secondary N) is 1. The Morgan fingerprint density at radius 3 is 2.36 bits per heavy atom. The van der Waals surface area contributed by atoms with E-state index in [1.807, 2.05) is 59.5 Å². The first-order chi connectivity index (χ1) is 16.1. The molecule has 2 amide bonds. The molecule has 33 heavy (non-hydrogen) atoms. The van der Waals surface area contributed by atoms with Gasteiger partial charge in [-0.05, 0) is 65.9 Å². The quantitative estimate of drug-likeness (QED) is 0.522. The SMILES string of the molecule is CCc1ccc(OC[C@@H]2c3cc(OC)c(OC)cc3CCN2C(=O)Nc2ccccc2)cc1. The normalized spacial score (nSPS) is 14.9. The first kappa shape index (κ1) is 22.5. The number of nitrogens with zero attached hydrogens (tertiary/aromatic N) is 1. The van der Waals surface area contributed by atoms with E-state index >= 15 is 0 Å². The van der Waals surface area contributed by atoms with E-state index in [0.717, 1.165) is 35.4 Å². The molecule has 1 aliphatic rings. The highest BCUT2D eigenvalue weighted by Gasteiger charge is 2.33. The number of methoxy groups -OCH3 is 2. The summed E-state index contributed by atoms with van der Waals surface area (Å²) in [7, 11) is 3.25. The number of rotatable bonds is 7. The van der Waals surface area contributed by atoms with Crippen LogP contribution in [0.25, 0.3) is 0 Å². The van der Waals surface area contributed by atoms with Crippen molar-refractivity contribution in [2.75, 3.05) is 32.7 Å². The number of hydrogen-bond acceptors (Lipinski definition) is 4. The van der Waals surface area contributed by atoms with Gasteiger partial charge in [-0.25, -0.2) is 4.79 Å². The van der Waals surface area contributed by atoms with Crippen LogP contribution in [0, 0.1) is 0 Å². The number of carbonyl (C=O) groups is 1. The second kappa shape index (κ2) is 10.3. The van der Waals surface area contributed by atoms with Crippen molar-refractivity contribution >= 4 is 11.7 Å². The van der Waals surface area contributed by atoms with Crippen molar-refractivity contribution in [3.63, 3.8) is 0 Å². The maximum atomic E-state index is 13.3. The van der Waals surface area contributed by atoms with E-state index in [0.29, 0.717) is 24.7 Å². The van der Waals surface area contributed by atoms with Crippen LogP contribution in [0.2, 0.25) is 0 Å². The largest absolute Gasteiger partial charge is 0.493 e. The monoisotopic (exact) mass is 446 g/mol. The van der Waals surface area contributed by atoms with Gasteiger partial charge in [0.15, 0.2) is 11.5 Å². The lowest BCUT2D eigenvalue weighted by atomic mass is 9.92. The van der Waals surface area contributed by atoms with E-state index in [9.17, 15) is 4.79 Å². The van der Waals surface area contributed by atoms with Gasteiger partial charge in [0.05, 0.1) is 20.3 Å². The molecule has 0 radical (unpaired) electrons. The van der Waals surface area contributed by atoms with Crippen molar-refractivity contribution in [3.05, 3.63) is 83.4 Å². The Bertz CT molecular complexity index is 1080. The second-order valence-electron chi connectivity index (χ2n) is 7.97. The van der Waals surface area contributed by atoms with Gasteiger partial charge < -0.3 is 24.4 Å². The molecular formula is C27H30N2O4. The number of carbonyl (C=O) groups excluding carboxylic acids is 1. The Balaban J connectivity index is 1.63. The third-order valence-corrected chi connectivity index (χ3v) is 6.03. The summed E-state index contributed by atoms with van der Waals surface area (Å²) in [6.45, 7) is 3.03. The summed E-state index contributed by atoms with van der Waals surface area (Å²) < 4.78 is 17.2. The Morgan fingerprint density at radius 2 is 1.70 bits per heavy atom. The summed E-state index contributed by atoms with van der Waals surface area (Å²) >= 11 is 0. The lowest BCUT2D eigenvalue weighted by molar-refractivity contribution is 0.144. The lowest BCUT2D eigenvalue weighted by Crippen LogP contribution is -2.44. The fourth-order valence-corrected chi connectivity index (χ4v) is 4.16. The number of fused-ring (bicyclic) bond motifs is 1. The van der Waals surface area contributed by atoms with Crippen molar-refractivity contribution in [2.24, 2.45) is 0 Å². The molecule has 3 aromatic rings. The number of anilines is 1. The predicted molar refractivity (Wildman–Crippen MR) is 129 cm³/mol. The number of ether oxygens (including phenoxy) is 3. The molecule has 0 saturated carbocycles. The molecule has 1 N–H and O–H groups in total. The van der Waals surface area contributed by atoms with Gasteiger partial charge in [-0.2, -0.15) is 0 Å². The molecule has 172 valence electrons. The van der Waals surface area contributed by atoms with Crippen molar-refractivity contribution in [1.82, 2.24) is 4.90 Å². The fraction of sp³-hybridized carbons (Fsp3) is 0.296. The zero-order chi connectivity index (χ0) is 23.2. The first-order valence-electron chi connectivity index (χ1n) is 11.2. The van der Waals surface area contributed by atoms with Crippen molar-refractivity contribution in [1.29, 1.82) is 0 Å². The lowest BCUT2D eigenvalue weighted by Gasteiger charge is -2.37. The molecular weight excluding hydrogens is 416 g/mol. The van der Waals surface area contributed by atoms with Crippen molar-refractivity contribution < 1.29 is 19.0 Å². The maximum Gasteiger partial charge on any atom is 0.322 e. The van der Waals surface area contributed by atoms with E-state index in [-0.39, 0.29) is 12.1 Å². The van der Waals surface area contributed by atoms with Crippen LogP contribution < -0.4 is 19.5 Å². The molecule has 0 bridgehead atoms. The summed E-state index contributed by atoms with van der Waals surface area (Å²) in [5, 5.41) is 3.01. The summed E-state index contributed by atoms with van der Waals surface area (Å²) in [5.41, 5.74) is 4.15. The number of aryl methyl sites for hydroxylation is 1. The smallest absolute Gasteiger partial charge is 0.322 e. The number of para-hydroxylation sites is 1. The zero-order valence-electron chi connectivity index (χ0n) is 19.3. The summed E-state index contributed by atoms with van der Waals surface area (Å²) in [6, 6.07) is 21.1. The number of benzene rings is 3. The van der Waals surface area contributed by atoms with E-state index in [2.05, 4.69) is 24.4 Å². The molecule has 0 aromatic heterocycles. The highest BCUT2D eigenvalue weighted by Crippen LogP contribution is 2.38. The van der Waals surface area contributed by atoms with Crippen molar-refractivity contribution in [2.45, 2.75) is 25.8 Å². The van der Waals surface area contributed by atoms with Gasteiger partial charge in [0, 0.05) is 12.2 Å². The first-order valence-corrected chi connectivity index (χ1v) is 11.2. The van der Waals surface area contributed by atoms with Gasteiger partial charge >= 0.3 is 6.03 Å². The predicted octanol–water partition coefficient (Wildman–Crippen LogP) is 5.48. The number of urea groups is 1. The van der Waals surface area contributed by atoms with Crippen LogP contribution in [0.4, 0.5) is 10.5 Å². The van der Waals surface area contributed by atoms with Crippen LogP contribution in [0.3, 0.4) is 0 Å². The molecule has 1 aliphatic heterocycles. The summed E-state index contributed by atoms with van der Waals surface area (Å²) in [5.74, 6) is 2.11. The van der Waals surface area contributed by atoms with Crippen LogP contribution in [-0.4, -0.2) is 38.3 Å². The molecule has 4 rings (SSSR count). The van der Waals surface area contributed by atoms with E-state index in [4.69, 9.17) is 14.2 Å². The molecule has 0 spiro atoms. The Labute approximate surface area is 195 Å². The van der Waals surface area contributed by atoms with Gasteiger partial charge in [0.25, 0.3) is 0 Å². The number of hydrogen-bond donors (Lipinski definition) is 1. The molecule has 1 heterocycles. The molecule has 6 heteroatoms. The van der Waals surface area contributed by atoms with Crippen LogP contribution in [-0.2, 0) is 12.8 Å². The minimum Gasteiger partial charge on any atom is -0.493 e. The Hall–Kier alpha value is -3.67. The minimum absolute atomic E-state index is 0.156. The molecule has 0 fully saturated rings. The van der Waals surface area contributed by atoms with Gasteiger partial charge in [-0.3, -0.25) is 0 Å². The topological polar surface area (TPSA) is 60.0 Å². The summed E-state index contributed by atoms with van der Waals surface area (Å²) in [6.07, 6.45) is 1.70. The molecule has 3 aromatic carbocycles.